The van der Waals surface area contributed by atoms with Gasteiger partial charge in [-0.1, -0.05) is 42.1 Å². The maximum absolute atomic E-state index is 5.87. The molecule has 0 bridgehead atoms. The Morgan fingerprint density at radius 2 is 1.67 bits per heavy atom. The summed E-state index contributed by atoms with van der Waals surface area (Å²) in [5.41, 5.74) is 0. The molecule has 3 rings (SSSR count). The third kappa shape index (κ3) is 5.17. The smallest absolute Gasteiger partial charge is 0.191 e. The maximum atomic E-state index is 5.87. The molecule has 0 saturated carbocycles. The molecular weight excluding hydrogens is 362 g/mol. The molecule has 0 amide bonds. The predicted molar refractivity (Wildman–Crippen MR) is 106 cm³/mol. The van der Waals surface area contributed by atoms with Crippen LogP contribution in [0.5, 0.6) is 17.2 Å². The van der Waals surface area contributed by atoms with Crippen LogP contribution in [0.3, 0.4) is 0 Å². The fraction of sp³-hybridized carbons (Fsp3) is 0.300. The van der Waals surface area contributed by atoms with Crippen LogP contribution in [0.15, 0.2) is 59.8 Å². The molecule has 6 nitrogen and oxygen atoms in total. The summed E-state index contributed by atoms with van der Waals surface area (Å²) >= 11 is 1.63. The molecular formula is C20H23N3O3S. The molecule has 0 aliphatic heterocycles. The fourth-order valence-electron chi connectivity index (χ4n) is 2.54. The van der Waals surface area contributed by atoms with Gasteiger partial charge in [0.15, 0.2) is 22.5 Å². The van der Waals surface area contributed by atoms with E-state index in [9.17, 15) is 0 Å². The third-order valence-corrected chi connectivity index (χ3v) is 4.79. The number of methoxy groups -OCH3 is 1. The first kappa shape index (κ1) is 19.1. The van der Waals surface area contributed by atoms with Crippen LogP contribution in [-0.2, 0) is 13.2 Å². The highest BCUT2D eigenvalue weighted by atomic mass is 32.2. The number of nitrogens with zero attached hydrogens (tertiary/aromatic N) is 3. The molecule has 0 N–H and O–H groups in total. The van der Waals surface area contributed by atoms with Crippen molar-refractivity contribution in [2.45, 2.75) is 25.2 Å². The summed E-state index contributed by atoms with van der Waals surface area (Å²) in [6, 6.07) is 17.4. The summed E-state index contributed by atoms with van der Waals surface area (Å²) in [4.78, 5) is 0. The van der Waals surface area contributed by atoms with E-state index in [0.29, 0.717) is 24.7 Å². The van der Waals surface area contributed by atoms with E-state index < -0.39 is 0 Å². The van der Waals surface area contributed by atoms with Crippen LogP contribution in [0.25, 0.3) is 0 Å². The van der Waals surface area contributed by atoms with E-state index in [2.05, 4.69) is 21.7 Å². The van der Waals surface area contributed by atoms with Crippen LogP contribution in [-0.4, -0.2) is 34.2 Å². The van der Waals surface area contributed by atoms with Crippen LogP contribution in [0.4, 0.5) is 0 Å². The van der Waals surface area contributed by atoms with Crippen molar-refractivity contribution in [3.05, 3.63) is 60.4 Å². The van der Waals surface area contributed by atoms with Gasteiger partial charge in [0, 0.05) is 12.3 Å². The van der Waals surface area contributed by atoms with Crippen LogP contribution in [0.2, 0.25) is 0 Å². The molecule has 0 radical (unpaired) electrons. The van der Waals surface area contributed by atoms with E-state index >= 15 is 0 Å². The van der Waals surface area contributed by atoms with Crippen molar-refractivity contribution in [2.75, 3.05) is 19.5 Å². The zero-order chi connectivity index (χ0) is 18.9. The Hall–Kier alpha value is -2.67. The molecule has 0 saturated heterocycles. The van der Waals surface area contributed by atoms with Gasteiger partial charge in [-0.3, -0.25) is 0 Å². The van der Waals surface area contributed by atoms with Crippen LogP contribution >= 0.6 is 11.8 Å². The second kappa shape index (κ2) is 9.87. The number of rotatable bonds is 10. The Bertz CT molecular complexity index is 839. The summed E-state index contributed by atoms with van der Waals surface area (Å²) in [6.07, 6.45) is 0. The van der Waals surface area contributed by atoms with E-state index in [1.165, 1.54) is 0 Å². The number of para-hydroxylation sites is 3. The Kier molecular flexibility index (Phi) is 6.98. The highest BCUT2D eigenvalue weighted by molar-refractivity contribution is 7.99. The van der Waals surface area contributed by atoms with Gasteiger partial charge in [-0.05, 0) is 31.2 Å². The van der Waals surface area contributed by atoms with Gasteiger partial charge >= 0.3 is 0 Å². The first-order valence-corrected chi connectivity index (χ1v) is 9.79. The molecule has 0 unspecified atom stereocenters. The fourth-order valence-corrected chi connectivity index (χ4v) is 3.38. The number of thioether (sulfide) groups is 1. The van der Waals surface area contributed by atoms with Gasteiger partial charge in [0.2, 0.25) is 0 Å². The summed E-state index contributed by atoms with van der Waals surface area (Å²) in [6.45, 7) is 3.79. The molecule has 0 spiro atoms. The second-order valence-electron chi connectivity index (χ2n) is 5.59. The highest BCUT2D eigenvalue weighted by Crippen LogP contribution is 2.27. The summed E-state index contributed by atoms with van der Waals surface area (Å²) < 4.78 is 19.0. The number of ether oxygens (including phenoxy) is 3. The predicted octanol–water partition coefficient (Wildman–Crippen LogP) is 4.06. The van der Waals surface area contributed by atoms with Crippen molar-refractivity contribution in [3.8, 4) is 17.2 Å². The molecule has 7 heteroatoms. The zero-order valence-electron chi connectivity index (χ0n) is 15.5. The Balaban J connectivity index is 1.54. The van der Waals surface area contributed by atoms with Gasteiger partial charge in [0.25, 0.3) is 0 Å². The first-order valence-electron chi connectivity index (χ1n) is 8.80. The highest BCUT2D eigenvalue weighted by Gasteiger charge is 2.13. The van der Waals surface area contributed by atoms with Crippen molar-refractivity contribution in [1.82, 2.24) is 14.8 Å². The standard InChI is InChI=1S/C20H23N3O3S/c1-3-23-19(15-26-18-12-8-7-11-17(18)24-2)21-22-20(23)27-14-13-25-16-9-5-4-6-10-16/h4-12H,3,13-15H2,1-2H3. The van der Waals surface area contributed by atoms with Gasteiger partial charge in [0.1, 0.15) is 12.4 Å². The van der Waals surface area contributed by atoms with Crippen molar-refractivity contribution >= 4 is 11.8 Å². The van der Waals surface area contributed by atoms with Gasteiger partial charge in [0.05, 0.1) is 13.7 Å². The van der Waals surface area contributed by atoms with E-state index in [-0.39, 0.29) is 0 Å². The molecule has 0 aliphatic rings. The van der Waals surface area contributed by atoms with Gasteiger partial charge in [-0.2, -0.15) is 0 Å². The summed E-state index contributed by atoms with van der Waals surface area (Å²) in [5, 5.41) is 9.44. The lowest BCUT2D eigenvalue weighted by Gasteiger charge is -2.11. The summed E-state index contributed by atoms with van der Waals surface area (Å²) in [5.74, 6) is 3.85. The average Bonchev–Trinajstić information content (AvgIpc) is 3.12. The van der Waals surface area contributed by atoms with Crippen LogP contribution < -0.4 is 14.2 Å². The van der Waals surface area contributed by atoms with Crippen molar-refractivity contribution in [3.63, 3.8) is 0 Å². The molecule has 142 valence electrons. The lowest BCUT2D eigenvalue weighted by atomic mass is 10.3. The third-order valence-electron chi connectivity index (χ3n) is 3.86. The molecule has 27 heavy (non-hydrogen) atoms. The lowest BCUT2D eigenvalue weighted by molar-refractivity contribution is 0.270. The van der Waals surface area contributed by atoms with E-state index in [4.69, 9.17) is 14.2 Å². The lowest BCUT2D eigenvalue weighted by Crippen LogP contribution is -2.08. The van der Waals surface area contributed by atoms with Crippen LogP contribution in [0.1, 0.15) is 12.7 Å². The maximum Gasteiger partial charge on any atom is 0.191 e. The number of hydrogen-bond donors (Lipinski definition) is 0. The molecule has 2 aromatic carbocycles. The quantitative estimate of drug-likeness (QED) is 0.387. The molecule has 0 aliphatic carbocycles. The molecule has 1 heterocycles. The number of benzene rings is 2. The Labute approximate surface area is 163 Å². The largest absolute Gasteiger partial charge is 0.493 e. The number of aromatic nitrogens is 3. The van der Waals surface area contributed by atoms with E-state index in [1.807, 2.05) is 54.6 Å². The minimum Gasteiger partial charge on any atom is -0.493 e. The Morgan fingerprint density at radius 1 is 0.926 bits per heavy atom. The van der Waals surface area contributed by atoms with E-state index in [1.54, 1.807) is 18.9 Å². The molecule has 0 atom stereocenters. The van der Waals surface area contributed by atoms with Crippen molar-refractivity contribution < 1.29 is 14.2 Å². The van der Waals surface area contributed by atoms with Gasteiger partial charge in [-0.15, -0.1) is 10.2 Å². The minimum absolute atomic E-state index is 0.336. The second-order valence-corrected chi connectivity index (χ2v) is 6.65. The first-order chi connectivity index (χ1) is 13.3. The number of hydrogen-bond acceptors (Lipinski definition) is 6. The average molecular weight is 385 g/mol. The van der Waals surface area contributed by atoms with Crippen LogP contribution in [0, 0.1) is 0 Å². The minimum atomic E-state index is 0.336. The molecule has 3 aromatic rings. The van der Waals surface area contributed by atoms with Gasteiger partial charge < -0.3 is 18.8 Å². The molecule has 1 aromatic heterocycles. The van der Waals surface area contributed by atoms with Crippen molar-refractivity contribution in [2.24, 2.45) is 0 Å². The SMILES string of the molecule is CCn1c(COc2ccccc2OC)nnc1SCCOc1ccccc1. The Morgan fingerprint density at radius 3 is 2.41 bits per heavy atom. The zero-order valence-corrected chi connectivity index (χ0v) is 16.3. The normalized spacial score (nSPS) is 10.6. The summed E-state index contributed by atoms with van der Waals surface area (Å²) in [7, 11) is 1.63. The van der Waals surface area contributed by atoms with E-state index in [0.717, 1.165) is 29.0 Å². The molecule has 0 fully saturated rings. The monoisotopic (exact) mass is 385 g/mol. The van der Waals surface area contributed by atoms with Gasteiger partial charge in [-0.25, -0.2) is 0 Å². The topological polar surface area (TPSA) is 58.4 Å². The van der Waals surface area contributed by atoms with Crippen molar-refractivity contribution in [1.29, 1.82) is 0 Å².